The van der Waals surface area contributed by atoms with Gasteiger partial charge in [0.15, 0.2) is 5.75 Å². The molecule has 0 fully saturated rings. The first-order valence-electron chi connectivity index (χ1n) is 6.10. The van der Waals surface area contributed by atoms with Crippen molar-refractivity contribution in [3.63, 3.8) is 0 Å². The van der Waals surface area contributed by atoms with Gasteiger partial charge < -0.3 is 15.2 Å². The van der Waals surface area contributed by atoms with Crippen molar-refractivity contribution in [3.05, 3.63) is 53.8 Å². The molecule has 5 heteroatoms. The van der Waals surface area contributed by atoms with Crippen molar-refractivity contribution in [3.8, 4) is 11.5 Å². The van der Waals surface area contributed by atoms with E-state index in [-0.39, 0.29) is 12.4 Å². The maximum absolute atomic E-state index is 12.8. The molecule has 4 nitrogen and oxygen atoms in total. The van der Waals surface area contributed by atoms with Crippen LogP contribution in [-0.4, -0.2) is 12.6 Å². The first-order valence-corrected chi connectivity index (χ1v) is 6.10. The van der Waals surface area contributed by atoms with E-state index in [0.717, 1.165) is 0 Å². The number of hydrogen-bond acceptors (Lipinski definition) is 4. The van der Waals surface area contributed by atoms with Crippen molar-refractivity contribution in [2.75, 3.05) is 12.3 Å². The van der Waals surface area contributed by atoms with E-state index in [4.69, 9.17) is 15.2 Å². The van der Waals surface area contributed by atoms with Crippen LogP contribution in [0, 0.1) is 5.82 Å². The van der Waals surface area contributed by atoms with Crippen LogP contribution in [0.25, 0.3) is 0 Å². The Morgan fingerprint density at radius 2 is 1.90 bits per heavy atom. The van der Waals surface area contributed by atoms with Crippen LogP contribution in [0.5, 0.6) is 11.5 Å². The van der Waals surface area contributed by atoms with Gasteiger partial charge in [0, 0.05) is 0 Å². The Bertz CT molecular complexity index is 611. The van der Waals surface area contributed by atoms with Crippen LogP contribution in [0.3, 0.4) is 0 Å². The van der Waals surface area contributed by atoms with Crippen LogP contribution < -0.4 is 10.5 Å². The molecule has 2 N–H and O–H groups in total. The molecule has 0 bridgehead atoms. The maximum Gasteiger partial charge on any atom is 0.338 e. The molecule has 0 aliphatic carbocycles. The third-order valence-corrected chi connectivity index (χ3v) is 2.57. The topological polar surface area (TPSA) is 61.5 Å². The number of ether oxygens (including phenoxy) is 2. The predicted octanol–water partition coefficient (Wildman–Crippen LogP) is 3.38. The number of anilines is 1. The highest BCUT2D eigenvalue weighted by molar-refractivity contribution is 5.90. The van der Waals surface area contributed by atoms with Gasteiger partial charge in [0.05, 0.1) is 17.9 Å². The SMILES string of the molecule is CCOC(=O)c1ccc(N)c(Oc2ccc(F)cc2)c1. The number of hydrogen-bond donors (Lipinski definition) is 1. The second-order valence-corrected chi connectivity index (χ2v) is 4.03. The largest absolute Gasteiger partial charge is 0.462 e. The van der Waals surface area contributed by atoms with Gasteiger partial charge in [-0.05, 0) is 49.4 Å². The van der Waals surface area contributed by atoms with Crippen molar-refractivity contribution in [2.45, 2.75) is 6.92 Å². The van der Waals surface area contributed by atoms with Crippen LogP contribution in [-0.2, 0) is 4.74 Å². The van der Waals surface area contributed by atoms with E-state index in [2.05, 4.69) is 0 Å². The molecule has 2 rings (SSSR count). The molecule has 0 amide bonds. The molecule has 0 heterocycles. The third-order valence-electron chi connectivity index (χ3n) is 2.57. The summed E-state index contributed by atoms with van der Waals surface area (Å²) < 4.78 is 23.3. The molecule has 0 aromatic heterocycles. The van der Waals surface area contributed by atoms with Crippen LogP contribution >= 0.6 is 0 Å². The first-order chi connectivity index (χ1) is 9.60. The lowest BCUT2D eigenvalue weighted by molar-refractivity contribution is 0.0526. The second-order valence-electron chi connectivity index (χ2n) is 4.03. The zero-order chi connectivity index (χ0) is 14.5. The summed E-state index contributed by atoms with van der Waals surface area (Å²) in [5, 5.41) is 0. The molecule has 20 heavy (non-hydrogen) atoms. The third kappa shape index (κ3) is 3.26. The summed E-state index contributed by atoms with van der Waals surface area (Å²) in [5.41, 5.74) is 6.51. The Balaban J connectivity index is 2.24. The normalized spacial score (nSPS) is 10.1. The summed E-state index contributed by atoms with van der Waals surface area (Å²) in [6, 6.07) is 10.1. The zero-order valence-electron chi connectivity index (χ0n) is 10.9. The fourth-order valence-electron chi connectivity index (χ4n) is 1.59. The van der Waals surface area contributed by atoms with Crippen LogP contribution in [0.2, 0.25) is 0 Å². The molecule has 0 atom stereocenters. The maximum atomic E-state index is 12.8. The standard InChI is InChI=1S/C15H14FNO3/c1-2-19-15(18)10-3-8-13(17)14(9-10)20-12-6-4-11(16)5-7-12/h3-9H,2,17H2,1H3. The summed E-state index contributed by atoms with van der Waals surface area (Å²) >= 11 is 0. The average Bonchev–Trinajstić information content (AvgIpc) is 2.44. The Hall–Kier alpha value is -2.56. The summed E-state index contributed by atoms with van der Waals surface area (Å²) in [5.74, 6) is -0.0525. The number of halogens is 1. The fourth-order valence-corrected chi connectivity index (χ4v) is 1.59. The van der Waals surface area contributed by atoms with Gasteiger partial charge in [-0.3, -0.25) is 0 Å². The van der Waals surface area contributed by atoms with Crippen LogP contribution in [0.4, 0.5) is 10.1 Å². The highest BCUT2D eigenvalue weighted by Gasteiger charge is 2.10. The van der Waals surface area contributed by atoms with Gasteiger partial charge in [0.1, 0.15) is 11.6 Å². The van der Waals surface area contributed by atoms with Crippen molar-refractivity contribution < 1.29 is 18.7 Å². The summed E-state index contributed by atoms with van der Waals surface area (Å²) in [6.07, 6.45) is 0. The molecule has 104 valence electrons. The van der Waals surface area contributed by atoms with Crippen molar-refractivity contribution in [2.24, 2.45) is 0 Å². The number of carbonyl (C=O) groups is 1. The Morgan fingerprint density at radius 1 is 1.20 bits per heavy atom. The Kier molecular flexibility index (Phi) is 4.20. The zero-order valence-corrected chi connectivity index (χ0v) is 10.9. The number of carbonyl (C=O) groups excluding carboxylic acids is 1. The van der Waals surface area contributed by atoms with Gasteiger partial charge >= 0.3 is 5.97 Å². The molecule has 0 saturated carbocycles. The van der Waals surface area contributed by atoms with E-state index in [1.807, 2.05) is 0 Å². The molecule has 2 aromatic carbocycles. The quantitative estimate of drug-likeness (QED) is 0.686. The molecule has 0 unspecified atom stereocenters. The molecule has 0 saturated heterocycles. The Morgan fingerprint density at radius 3 is 2.55 bits per heavy atom. The lowest BCUT2D eigenvalue weighted by Crippen LogP contribution is -2.05. The van der Waals surface area contributed by atoms with E-state index in [9.17, 15) is 9.18 Å². The van der Waals surface area contributed by atoms with Gasteiger partial charge in [-0.2, -0.15) is 0 Å². The number of esters is 1. The van der Waals surface area contributed by atoms with Crippen LogP contribution in [0.15, 0.2) is 42.5 Å². The van der Waals surface area contributed by atoms with Crippen molar-refractivity contribution in [1.29, 1.82) is 0 Å². The molecule has 0 aliphatic heterocycles. The lowest BCUT2D eigenvalue weighted by Gasteiger charge is -2.10. The average molecular weight is 275 g/mol. The molecule has 0 spiro atoms. The summed E-state index contributed by atoms with van der Waals surface area (Å²) in [7, 11) is 0. The van der Waals surface area contributed by atoms with Crippen LogP contribution in [0.1, 0.15) is 17.3 Å². The van der Waals surface area contributed by atoms with Gasteiger partial charge in [-0.1, -0.05) is 0 Å². The second kappa shape index (κ2) is 6.06. The highest BCUT2D eigenvalue weighted by Crippen LogP contribution is 2.28. The minimum Gasteiger partial charge on any atom is -0.462 e. The summed E-state index contributed by atoms with van der Waals surface area (Å²) in [6.45, 7) is 2.02. The van der Waals surface area contributed by atoms with E-state index in [1.54, 1.807) is 19.1 Å². The van der Waals surface area contributed by atoms with Gasteiger partial charge in [-0.25, -0.2) is 9.18 Å². The lowest BCUT2D eigenvalue weighted by atomic mass is 10.2. The minimum absolute atomic E-state index is 0.289. The van der Waals surface area contributed by atoms with Crippen molar-refractivity contribution in [1.82, 2.24) is 0 Å². The molecule has 2 aromatic rings. The van der Waals surface area contributed by atoms with E-state index in [0.29, 0.717) is 22.7 Å². The molecular formula is C15H14FNO3. The van der Waals surface area contributed by atoms with E-state index in [1.165, 1.54) is 30.3 Å². The molecule has 0 aliphatic rings. The fraction of sp³-hybridized carbons (Fsp3) is 0.133. The summed E-state index contributed by atoms with van der Waals surface area (Å²) in [4.78, 5) is 11.6. The smallest absolute Gasteiger partial charge is 0.338 e. The monoisotopic (exact) mass is 275 g/mol. The predicted molar refractivity (Wildman–Crippen MR) is 73.3 cm³/mol. The van der Waals surface area contributed by atoms with E-state index >= 15 is 0 Å². The number of nitrogens with two attached hydrogens (primary N) is 1. The number of rotatable bonds is 4. The molecular weight excluding hydrogens is 261 g/mol. The number of nitrogen functional groups attached to an aromatic ring is 1. The first kappa shape index (κ1) is 13.9. The molecule has 0 radical (unpaired) electrons. The Labute approximate surface area is 115 Å². The number of benzene rings is 2. The van der Waals surface area contributed by atoms with Gasteiger partial charge in [0.25, 0.3) is 0 Å². The highest BCUT2D eigenvalue weighted by atomic mass is 19.1. The van der Waals surface area contributed by atoms with Gasteiger partial charge in [-0.15, -0.1) is 0 Å². The van der Waals surface area contributed by atoms with Gasteiger partial charge in [0.2, 0.25) is 0 Å². The van der Waals surface area contributed by atoms with E-state index < -0.39 is 5.97 Å². The van der Waals surface area contributed by atoms with Crippen molar-refractivity contribution >= 4 is 11.7 Å². The minimum atomic E-state index is -0.448.